The summed E-state index contributed by atoms with van der Waals surface area (Å²) in [5.41, 5.74) is 2.58. The van der Waals surface area contributed by atoms with Crippen LogP contribution in [0.25, 0.3) is 11.1 Å². The number of carbonyl (C=O) groups is 2. The summed E-state index contributed by atoms with van der Waals surface area (Å²) in [7, 11) is 0. The molecule has 0 aliphatic heterocycles. The van der Waals surface area contributed by atoms with E-state index < -0.39 is 23.4 Å². The Balaban J connectivity index is 1.81. The molecule has 0 fully saturated rings. The summed E-state index contributed by atoms with van der Waals surface area (Å²) in [4.78, 5) is 35.5. The van der Waals surface area contributed by atoms with Crippen LogP contribution in [0.3, 0.4) is 0 Å². The number of benzene rings is 2. The minimum absolute atomic E-state index is 0.0141. The molecule has 9 heteroatoms. The van der Waals surface area contributed by atoms with Crippen molar-refractivity contribution in [1.29, 1.82) is 0 Å². The topological polar surface area (TPSA) is 108 Å². The van der Waals surface area contributed by atoms with Gasteiger partial charge < -0.3 is 14.8 Å². The van der Waals surface area contributed by atoms with Crippen LogP contribution in [0.15, 0.2) is 53.9 Å². The molecule has 0 bridgehead atoms. The summed E-state index contributed by atoms with van der Waals surface area (Å²) in [6.07, 6.45) is 0. The third-order valence-electron chi connectivity index (χ3n) is 4.31. The molecule has 0 saturated carbocycles. The maximum atomic E-state index is 12.6. The second-order valence-electron chi connectivity index (χ2n) is 6.50. The summed E-state index contributed by atoms with van der Waals surface area (Å²) in [5.74, 6) is -1.12. The fourth-order valence-electron chi connectivity index (χ4n) is 2.84. The SMILES string of the molecule is CCOC(=O)c1c(-c2ccc(C)cc2)csc1NC(=O)COc1ccccc1[N+](=O)[O-]. The molecule has 0 spiro atoms. The largest absolute Gasteiger partial charge is 0.477 e. The number of esters is 1. The third kappa shape index (κ3) is 5.26. The van der Waals surface area contributed by atoms with Gasteiger partial charge in [0.1, 0.15) is 10.6 Å². The normalized spacial score (nSPS) is 10.4. The van der Waals surface area contributed by atoms with Crippen LogP contribution in [0, 0.1) is 17.0 Å². The molecule has 0 aliphatic carbocycles. The number of nitro groups is 1. The van der Waals surface area contributed by atoms with Crippen LogP contribution in [-0.2, 0) is 9.53 Å². The van der Waals surface area contributed by atoms with Gasteiger partial charge in [-0.1, -0.05) is 42.0 Å². The third-order valence-corrected chi connectivity index (χ3v) is 5.20. The van der Waals surface area contributed by atoms with Crippen molar-refractivity contribution in [2.75, 3.05) is 18.5 Å². The first kappa shape index (κ1) is 22.0. The zero-order chi connectivity index (χ0) is 22.4. The lowest BCUT2D eigenvalue weighted by molar-refractivity contribution is -0.385. The average Bonchev–Trinajstić information content (AvgIpc) is 3.16. The number of para-hydroxylation sites is 2. The summed E-state index contributed by atoms with van der Waals surface area (Å²) >= 11 is 1.19. The van der Waals surface area contributed by atoms with E-state index in [1.165, 1.54) is 29.5 Å². The van der Waals surface area contributed by atoms with E-state index in [9.17, 15) is 19.7 Å². The Morgan fingerprint density at radius 3 is 2.52 bits per heavy atom. The highest BCUT2D eigenvalue weighted by atomic mass is 32.1. The summed E-state index contributed by atoms with van der Waals surface area (Å²) < 4.78 is 10.5. The number of aryl methyl sites for hydroxylation is 1. The van der Waals surface area contributed by atoms with E-state index in [0.717, 1.165) is 11.1 Å². The fraction of sp³-hybridized carbons (Fsp3) is 0.182. The number of nitrogens with one attached hydrogen (secondary N) is 1. The molecule has 0 saturated heterocycles. The second kappa shape index (κ2) is 9.86. The van der Waals surface area contributed by atoms with Crippen molar-refractivity contribution in [2.24, 2.45) is 0 Å². The first-order valence-electron chi connectivity index (χ1n) is 9.42. The Hall–Kier alpha value is -3.72. The van der Waals surface area contributed by atoms with Crippen LogP contribution < -0.4 is 10.1 Å². The molecule has 0 atom stereocenters. The highest BCUT2D eigenvalue weighted by Gasteiger charge is 2.23. The molecule has 0 radical (unpaired) electrons. The number of thiophene rings is 1. The smallest absolute Gasteiger partial charge is 0.341 e. The lowest BCUT2D eigenvalue weighted by Gasteiger charge is -2.10. The van der Waals surface area contributed by atoms with Crippen LogP contribution >= 0.6 is 11.3 Å². The lowest BCUT2D eigenvalue weighted by atomic mass is 10.0. The summed E-state index contributed by atoms with van der Waals surface area (Å²) in [5, 5.41) is 15.8. The van der Waals surface area contributed by atoms with Gasteiger partial charge in [0, 0.05) is 17.0 Å². The number of nitro benzene ring substituents is 1. The van der Waals surface area contributed by atoms with Crippen LogP contribution in [0.5, 0.6) is 5.75 Å². The van der Waals surface area contributed by atoms with Crippen molar-refractivity contribution in [2.45, 2.75) is 13.8 Å². The van der Waals surface area contributed by atoms with Gasteiger partial charge in [-0.3, -0.25) is 14.9 Å². The minimum atomic E-state index is -0.584. The van der Waals surface area contributed by atoms with Crippen molar-refractivity contribution in [1.82, 2.24) is 0 Å². The van der Waals surface area contributed by atoms with E-state index in [4.69, 9.17) is 9.47 Å². The van der Waals surface area contributed by atoms with Crippen LogP contribution in [0.4, 0.5) is 10.7 Å². The lowest BCUT2D eigenvalue weighted by Crippen LogP contribution is -2.21. The van der Waals surface area contributed by atoms with Gasteiger partial charge in [-0.05, 0) is 25.5 Å². The molecule has 2 aromatic carbocycles. The van der Waals surface area contributed by atoms with Gasteiger partial charge in [0.2, 0.25) is 0 Å². The zero-order valence-electron chi connectivity index (χ0n) is 16.9. The molecule has 1 amide bonds. The molecule has 160 valence electrons. The summed E-state index contributed by atoms with van der Waals surface area (Å²) in [6, 6.07) is 13.4. The van der Waals surface area contributed by atoms with Gasteiger partial charge in [0.05, 0.1) is 11.5 Å². The first-order chi connectivity index (χ1) is 14.9. The Labute approximate surface area is 182 Å². The van der Waals surface area contributed by atoms with Gasteiger partial charge in [-0.2, -0.15) is 0 Å². The van der Waals surface area contributed by atoms with E-state index in [-0.39, 0.29) is 23.6 Å². The molecule has 1 aromatic heterocycles. The van der Waals surface area contributed by atoms with Crippen LogP contribution in [0.1, 0.15) is 22.8 Å². The predicted molar refractivity (Wildman–Crippen MR) is 118 cm³/mol. The number of ether oxygens (including phenoxy) is 2. The fourth-order valence-corrected chi connectivity index (χ4v) is 3.81. The second-order valence-corrected chi connectivity index (χ2v) is 7.38. The van der Waals surface area contributed by atoms with Crippen molar-refractivity contribution in [3.63, 3.8) is 0 Å². The number of nitrogens with zero attached hydrogens (tertiary/aromatic N) is 1. The monoisotopic (exact) mass is 440 g/mol. The number of carbonyl (C=O) groups excluding carboxylic acids is 2. The molecular formula is C22H20N2O6S. The highest BCUT2D eigenvalue weighted by Crippen LogP contribution is 2.36. The Kier molecular flexibility index (Phi) is 6.99. The first-order valence-corrected chi connectivity index (χ1v) is 10.3. The van der Waals surface area contributed by atoms with Crippen molar-refractivity contribution >= 4 is 33.9 Å². The number of hydrogen-bond acceptors (Lipinski definition) is 7. The van der Waals surface area contributed by atoms with Crippen molar-refractivity contribution in [3.05, 3.63) is 75.2 Å². The van der Waals surface area contributed by atoms with E-state index in [1.807, 2.05) is 31.2 Å². The molecule has 1 heterocycles. The minimum Gasteiger partial charge on any atom is -0.477 e. The highest BCUT2D eigenvalue weighted by molar-refractivity contribution is 7.15. The quantitative estimate of drug-likeness (QED) is 0.305. The van der Waals surface area contributed by atoms with Gasteiger partial charge in [-0.15, -0.1) is 11.3 Å². The van der Waals surface area contributed by atoms with Gasteiger partial charge in [0.25, 0.3) is 5.91 Å². The van der Waals surface area contributed by atoms with Gasteiger partial charge >= 0.3 is 11.7 Å². The molecule has 3 rings (SSSR count). The molecule has 3 aromatic rings. The Morgan fingerprint density at radius 2 is 1.84 bits per heavy atom. The number of rotatable bonds is 8. The standard InChI is InChI=1S/C22H20N2O6S/c1-3-29-22(26)20-16(15-10-8-14(2)9-11-15)13-31-21(20)23-19(25)12-30-18-7-5-4-6-17(18)24(27)28/h4-11,13H,3,12H2,1-2H3,(H,23,25). The maximum absolute atomic E-state index is 12.6. The van der Waals surface area contributed by atoms with E-state index >= 15 is 0 Å². The molecular weight excluding hydrogens is 420 g/mol. The van der Waals surface area contributed by atoms with E-state index in [0.29, 0.717) is 10.6 Å². The maximum Gasteiger partial charge on any atom is 0.341 e. The average molecular weight is 440 g/mol. The molecule has 1 N–H and O–H groups in total. The molecule has 0 aliphatic rings. The molecule has 31 heavy (non-hydrogen) atoms. The number of hydrogen-bond donors (Lipinski definition) is 1. The number of amides is 1. The predicted octanol–water partition coefficient (Wildman–Crippen LogP) is 4.83. The van der Waals surface area contributed by atoms with E-state index in [2.05, 4.69) is 5.32 Å². The van der Waals surface area contributed by atoms with Gasteiger partial charge in [-0.25, -0.2) is 4.79 Å². The Morgan fingerprint density at radius 1 is 1.13 bits per heavy atom. The zero-order valence-corrected chi connectivity index (χ0v) is 17.7. The Bertz CT molecular complexity index is 1110. The van der Waals surface area contributed by atoms with Crippen molar-refractivity contribution in [3.8, 4) is 16.9 Å². The van der Waals surface area contributed by atoms with Crippen molar-refractivity contribution < 1.29 is 24.0 Å². The van der Waals surface area contributed by atoms with E-state index in [1.54, 1.807) is 18.4 Å². The summed E-state index contributed by atoms with van der Waals surface area (Å²) in [6.45, 7) is 3.40. The van der Waals surface area contributed by atoms with Crippen LogP contribution in [0.2, 0.25) is 0 Å². The number of anilines is 1. The molecule has 8 nitrogen and oxygen atoms in total. The van der Waals surface area contributed by atoms with Crippen LogP contribution in [-0.4, -0.2) is 30.0 Å². The van der Waals surface area contributed by atoms with Gasteiger partial charge in [0.15, 0.2) is 12.4 Å². The molecule has 0 unspecified atom stereocenters.